The van der Waals surface area contributed by atoms with E-state index in [-0.39, 0.29) is 0 Å². The summed E-state index contributed by atoms with van der Waals surface area (Å²) in [5.74, 6) is 1.58. The van der Waals surface area contributed by atoms with Gasteiger partial charge in [0.25, 0.3) is 0 Å². The Morgan fingerprint density at radius 1 is 1.10 bits per heavy atom. The summed E-state index contributed by atoms with van der Waals surface area (Å²) in [5, 5.41) is 0.384. The zero-order valence-corrected chi connectivity index (χ0v) is 18.3. The summed E-state index contributed by atoms with van der Waals surface area (Å²) in [5.41, 5.74) is 6.44. The van der Waals surface area contributed by atoms with Gasteiger partial charge in [0, 0.05) is 42.8 Å². The molecule has 0 aliphatic carbocycles. The monoisotopic (exact) mass is 408 g/mol. The Bertz CT molecular complexity index is 954. The van der Waals surface area contributed by atoms with Crippen molar-refractivity contribution in [2.75, 3.05) is 16.3 Å². The number of anilines is 2. The standard InChI is InChI=1S/C24H29ClN4/c1-15(2)17-8-7-16(3)22(13-17)28-12-11-21-20(14-28)23(27-24(25)26-21)29-18-5-4-6-19(29)10-9-18/h7-10,13,15,18-19H,4-6,11-12,14H2,1-3H3/t18-,19+. The Kier molecular flexibility index (Phi) is 4.78. The minimum absolute atomic E-state index is 0.384. The highest BCUT2D eigenvalue weighted by Crippen LogP contribution is 2.39. The van der Waals surface area contributed by atoms with Crippen LogP contribution in [0, 0.1) is 6.92 Å². The number of halogens is 1. The average Bonchev–Trinajstić information content (AvgIpc) is 2.95. The summed E-state index contributed by atoms with van der Waals surface area (Å²) < 4.78 is 0. The van der Waals surface area contributed by atoms with Crippen molar-refractivity contribution in [1.82, 2.24) is 9.97 Å². The van der Waals surface area contributed by atoms with Crippen LogP contribution in [0.4, 0.5) is 11.5 Å². The minimum atomic E-state index is 0.384. The van der Waals surface area contributed by atoms with Crippen molar-refractivity contribution in [3.63, 3.8) is 0 Å². The molecule has 4 nitrogen and oxygen atoms in total. The topological polar surface area (TPSA) is 32.3 Å². The lowest BCUT2D eigenvalue weighted by Crippen LogP contribution is -2.43. The summed E-state index contributed by atoms with van der Waals surface area (Å²) in [6.07, 6.45) is 9.30. The molecule has 3 aliphatic heterocycles. The maximum atomic E-state index is 6.37. The quantitative estimate of drug-likeness (QED) is 0.501. The fourth-order valence-electron chi connectivity index (χ4n) is 5.12. The maximum absolute atomic E-state index is 6.37. The van der Waals surface area contributed by atoms with E-state index >= 15 is 0 Å². The molecule has 1 aromatic carbocycles. The Labute approximate surface area is 178 Å². The lowest BCUT2D eigenvalue weighted by atomic mass is 9.97. The maximum Gasteiger partial charge on any atom is 0.224 e. The van der Waals surface area contributed by atoms with E-state index in [0.717, 1.165) is 31.0 Å². The highest BCUT2D eigenvalue weighted by molar-refractivity contribution is 6.28. The Morgan fingerprint density at radius 3 is 2.59 bits per heavy atom. The molecule has 2 atom stereocenters. The normalized spacial score (nSPS) is 23.1. The largest absolute Gasteiger partial charge is 0.366 e. The molecule has 29 heavy (non-hydrogen) atoms. The first-order valence-corrected chi connectivity index (χ1v) is 11.3. The number of fused-ring (bicyclic) bond motifs is 3. The molecule has 4 heterocycles. The van der Waals surface area contributed by atoms with Crippen molar-refractivity contribution in [2.45, 2.75) is 71.0 Å². The fourth-order valence-corrected chi connectivity index (χ4v) is 5.30. The van der Waals surface area contributed by atoms with E-state index < -0.39 is 0 Å². The van der Waals surface area contributed by atoms with Crippen LogP contribution >= 0.6 is 11.6 Å². The van der Waals surface area contributed by atoms with Crippen LogP contribution < -0.4 is 9.80 Å². The number of piperidine rings is 1. The fraction of sp³-hybridized carbons (Fsp3) is 0.500. The SMILES string of the molecule is Cc1ccc(C(C)C)cc1N1CCc2nc(Cl)nc(N3[C@@H]4C=C[C@H]3CCC4)c2C1. The average molecular weight is 409 g/mol. The number of aryl methyl sites for hydroxylation is 1. The van der Waals surface area contributed by atoms with Crippen molar-refractivity contribution < 1.29 is 0 Å². The first-order chi connectivity index (χ1) is 14.0. The van der Waals surface area contributed by atoms with E-state index in [1.807, 2.05) is 0 Å². The molecule has 3 aliphatic rings. The van der Waals surface area contributed by atoms with Gasteiger partial charge in [0.2, 0.25) is 5.28 Å². The van der Waals surface area contributed by atoms with Gasteiger partial charge in [-0.3, -0.25) is 0 Å². The van der Waals surface area contributed by atoms with E-state index in [2.05, 4.69) is 65.9 Å². The van der Waals surface area contributed by atoms with E-state index in [1.165, 1.54) is 41.6 Å². The molecule has 1 fully saturated rings. The second-order valence-electron chi connectivity index (χ2n) is 8.97. The summed E-state index contributed by atoms with van der Waals surface area (Å²) in [7, 11) is 0. The molecule has 0 spiro atoms. The van der Waals surface area contributed by atoms with Crippen LogP contribution in [0.15, 0.2) is 30.4 Å². The zero-order valence-electron chi connectivity index (χ0n) is 17.5. The Balaban J connectivity index is 1.53. The number of aromatic nitrogens is 2. The molecule has 0 unspecified atom stereocenters. The predicted molar refractivity (Wildman–Crippen MR) is 120 cm³/mol. The first-order valence-electron chi connectivity index (χ1n) is 10.9. The van der Waals surface area contributed by atoms with Crippen molar-refractivity contribution >= 4 is 23.1 Å². The molecule has 0 amide bonds. The molecular formula is C24H29ClN4. The van der Waals surface area contributed by atoms with Gasteiger partial charge in [-0.1, -0.05) is 38.1 Å². The van der Waals surface area contributed by atoms with Crippen molar-refractivity contribution in [1.29, 1.82) is 0 Å². The predicted octanol–water partition coefficient (Wildman–Crippen LogP) is 5.42. The smallest absolute Gasteiger partial charge is 0.224 e. The second-order valence-corrected chi connectivity index (χ2v) is 9.31. The van der Waals surface area contributed by atoms with Crippen molar-refractivity contribution in [3.8, 4) is 0 Å². The van der Waals surface area contributed by atoms with Crippen LogP contribution in [-0.4, -0.2) is 28.6 Å². The Morgan fingerprint density at radius 2 is 1.86 bits per heavy atom. The molecule has 0 saturated carbocycles. The third-order valence-corrected chi connectivity index (χ3v) is 6.94. The van der Waals surface area contributed by atoms with Gasteiger partial charge < -0.3 is 9.80 Å². The van der Waals surface area contributed by atoms with Gasteiger partial charge in [-0.15, -0.1) is 0 Å². The summed E-state index contributed by atoms with van der Waals surface area (Å²) >= 11 is 6.37. The minimum Gasteiger partial charge on any atom is -0.366 e. The van der Waals surface area contributed by atoms with Gasteiger partial charge in [0.15, 0.2) is 0 Å². The number of rotatable bonds is 3. The molecule has 152 valence electrons. The van der Waals surface area contributed by atoms with Crippen LogP contribution in [0.3, 0.4) is 0 Å². The van der Waals surface area contributed by atoms with Gasteiger partial charge in [-0.25, -0.2) is 9.97 Å². The molecule has 5 heteroatoms. The van der Waals surface area contributed by atoms with Crippen LogP contribution in [-0.2, 0) is 13.0 Å². The van der Waals surface area contributed by atoms with Gasteiger partial charge in [-0.05, 0) is 60.9 Å². The molecule has 2 aromatic rings. The van der Waals surface area contributed by atoms with E-state index in [0.29, 0.717) is 23.3 Å². The van der Waals surface area contributed by atoms with E-state index in [9.17, 15) is 0 Å². The van der Waals surface area contributed by atoms with E-state index in [4.69, 9.17) is 16.6 Å². The van der Waals surface area contributed by atoms with E-state index in [1.54, 1.807) is 0 Å². The van der Waals surface area contributed by atoms with Crippen molar-refractivity contribution in [3.05, 3.63) is 58.0 Å². The summed E-state index contributed by atoms with van der Waals surface area (Å²) in [4.78, 5) is 14.4. The van der Waals surface area contributed by atoms with Crippen LogP contribution in [0.25, 0.3) is 0 Å². The molecular weight excluding hydrogens is 380 g/mol. The lowest BCUT2D eigenvalue weighted by Gasteiger charge is -2.39. The van der Waals surface area contributed by atoms with Crippen LogP contribution in [0.2, 0.25) is 5.28 Å². The molecule has 0 N–H and O–H groups in total. The highest BCUT2D eigenvalue weighted by Gasteiger charge is 2.36. The summed E-state index contributed by atoms with van der Waals surface area (Å²) in [6.45, 7) is 8.54. The molecule has 1 aromatic heterocycles. The lowest BCUT2D eigenvalue weighted by molar-refractivity contribution is 0.482. The number of benzene rings is 1. The molecule has 2 bridgehead atoms. The molecule has 5 rings (SSSR count). The highest BCUT2D eigenvalue weighted by atomic mass is 35.5. The van der Waals surface area contributed by atoms with Crippen LogP contribution in [0.1, 0.15) is 61.4 Å². The number of nitrogens with zero attached hydrogens (tertiary/aromatic N) is 4. The summed E-state index contributed by atoms with van der Waals surface area (Å²) in [6, 6.07) is 7.78. The third kappa shape index (κ3) is 3.31. The van der Waals surface area contributed by atoms with Gasteiger partial charge in [0.05, 0.1) is 5.69 Å². The third-order valence-electron chi connectivity index (χ3n) is 6.77. The van der Waals surface area contributed by atoms with Gasteiger partial charge in [0.1, 0.15) is 5.82 Å². The number of hydrogen-bond acceptors (Lipinski definition) is 4. The van der Waals surface area contributed by atoms with Gasteiger partial charge in [-0.2, -0.15) is 0 Å². The Hall–Kier alpha value is -2.07. The second kappa shape index (κ2) is 7.32. The molecule has 1 saturated heterocycles. The first kappa shape index (κ1) is 18.9. The van der Waals surface area contributed by atoms with Crippen LogP contribution in [0.5, 0.6) is 0 Å². The zero-order chi connectivity index (χ0) is 20.1. The number of hydrogen-bond donors (Lipinski definition) is 0. The van der Waals surface area contributed by atoms with Crippen molar-refractivity contribution in [2.24, 2.45) is 0 Å². The van der Waals surface area contributed by atoms with Gasteiger partial charge >= 0.3 is 0 Å². The molecule has 0 radical (unpaired) electrons.